The standard InChI is InChI=1S/C24H23Cl3N2O3S2/c1-17-6-9-19(10-7-17)34(31,32)29(23-5-3-2-4-21(23)26)15-24(30)28-12-13-33-16-18-8-11-20(25)22(27)14-18/h2-11,14H,12-13,15-16H2,1H3,(H,28,30). The van der Waals surface area contributed by atoms with Crippen molar-refractivity contribution in [3.05, 3.63) is 92.9 Å². The van der Waals surface area contributed by atoms with Crippen LogP contribution in [0.2, 0.25) is 15.1 Å². The van der Waals surface area contributed by atoms with Gasteiger partial charge in [-0.05, 0) is 48.9 Å². The largest absolute Gasteiger partial charge is 0.354 e. The fraction of sp³-hybridized carbons (Fsp3) is 0.208. The van der Waals surface area contributed by atoms with Gasteiger partial charge in [-0.15, -0.1) is 0 Å². The molecule has 0 saturated carbocycles. The molecule has 0 unspecified atom stereocenters. The Morgan fingerprint density at radius 1 is 0.941 bits per heavy atom. The lowest BCUT2D eigenvalue weighted by Gasteiger charge is -2.25. The van der Waals surface area contributed by atoms with E-state index in [-0.39, 0.29) is 15.6 Å². The number of hydrogen-bond acceptors (Lipinski definition) is 4. The summed E-state index contributed by atoms with van der Waals surface area (Å²) in [7, 11) is -4.01. The van der Waals surface area contributed by atoms with Crippen molar-refractivity contribution in [2.24, 2.45) is 0 Å². The van der Waals surface area contributed by atoms with Gasteiger partial charge in [0.15, 0.2) is 0 Å². The summed E-state index contributed by atoms with van der Waals surface area (Å²) in [6, 6.07) is 18.5. The highest BCUT2D eigenvalue weighted by atomic mass is 35.5. The van der Waals surface area contributed by atoms with Crippen molar-refractivity contribution < 1.29 is 13.2 Å². The summed E-state index contributed by atoms with van der Waals surface area (Å²) < 4.78 is 27.8. The first-order valence-electron chi connectivity index (χ1n) is 10.3. The van der Waals surface area contributed by atoms with Gasteiger partial charge in [0.1, 0.15) is 6.54 Å². The number of nitrogens with zero attached hydrogens (tertiary/aromatic N) is 1. The molecule has 0 saturated heterocycles. The summed E-state index contributed by atoms with van der Waals surface area (Å²) in [4.78, 5) is 12.8. The molecule has 0 fully saturated rings. The summed E-state index contributed by atoms with van der Waals surface area (Å²) in [6.45, 7) is 1.86. The first-order valence-corrected chi connectivity index (χ1v) is 14.0. The first kappa shape index (κ1) is 26.7. The molecular weight excluding hydrogens is 535 g/mol. The van der Waals surface area contributed by atoms with E-state index in [9.17, 15) is 13.2 Å². The average molecular weight is 558 g/mol. The number of hydrogen-bond donors (Lipinski definition) is 1. The molecule has 3 aromatic rings. The molecule has 0 aliphatic heterocycles. The maximum absolute atomic E-state index is 13.4. The number of halogens is 3. The fourth-order valence-electron chi connectivity index (χ4n) is 3.06. The molecule has 0 radical (unpaired) electrons. The van der Waals surface area contributed by atoms with Crippen molar-refractivity contribution >= 4 is 68.2 Å². The minimum Gasteiger partial charge on any atom is -0.354 e. The normalized spacial score (nSPS) is 11.3. The van der Waals surface area contributed by atoms with E-state index in [4.69, 9.17) is 34.8 Å². The second-order valence-corrected chi connectivity index (χ2v) is 11.6. The minimum atomic E-state index is -4.01. The zero-order valence-corrected chi connectivity index (χ0v) is 22.2. The summed E-state index contributed by atoms with van der Waals surface area (Å²) in [6.07, 6.45) is 0. The van der Waals surface area contributed by atoms with Crippen LogP contribution in [0.25, 0.3) is 0 Å². The zero-order chi connectivity index (χ0) is 24.7. The molecular formula is C24H23Cl3N2O3S2. The van der Waals surface area contributed by atoms with Crippen LogP contribution in [-0.2, 0) is 20.6 Å². The Bertz CT molecular complexity index is 1250. The number of carbonyl (C=O) groups excluding carboxylic acids is 1. The molecule has 34 heavy (non-hydrogen) atoms. The van der Waals surface area contributed by atoms with Crippen LogP contribution in [0.3, 0.4) is 0 Å². The van der Waals surface area contributed by atoms with Gasteiger partial charge in [0.25, 0.3) is 10.0 Å². The van der Waals surface area contributed by atoms with Crippen molar-refractivity contribution in [2.75, 3.05) is 23.1 Å². The summed E-state index contributed by atoms with van der Waals surface area (Å²) in [5, 5.41) is 4.03. The van der Waals surface area contributed by atoms with Gasteiger partial charge >= 0.3 is 0 Å². The molecule has 180 valence electrons. The Hall–Kier alpha value is -1.90. The number of sulfonamides is 1. The van der Waals surface area contributed by atoms with Crippen molar-refractivity contribution in [1.29, 1.82) is 0 Å². The minimum absolute atomic E-state index is 0.0861. The number of carbonyl (C=O) groups is 1. The van der Waals surface area contributed by atoms with Crippen molar-refractivity contribution in [1.82, 2.24) is 5.32 Å². The maximum Gasteiger partial charge on any atom is 0.264 e. The predicted octanol–water partition coefficient (Wildman–Crippen LogP) is 6.20. The van der Waals surface area contributed by atoms with Gasteiger partial charge < -0.3 is 5.32 Å². The Morgan fingerprint density at radius 2 is 1.65 bits per heavy atom. The van der Waals surface area contributed by atoms with Crippen molar-refractivity contribution in [3.63, 3.8) is 0 Å². The fourth-order valence-corrected chi connectivity index (χ4v) is 5.91. The van der Waals surface area contributed by atoms with E-state index in [1.165, 1.54) is 12.1 Å². The summed E-state index contributed by atoms with van der Waals surface area (Å²) in [5.41, 5.74) is 2.20. The quantitative estimate of drug-likeness (QED) is 0.301. The molecule has 0 atom stereocenters. The third-order valence-electron chi connectivity index (χ3n) is 4.84. The lowest BCUT2D eigenvalue weighted by Crippen LogP contribution is -2.41. The monoisotopic (exact) mass is 556 g/mol. The molecule has 3 aromatic carbocycles. The number of amides is 1. The van der Waals surface area contributed by atoms with Gasteiger partial charge in [0.2, 0.25) is 5.91 Å². The van der Waals surface area contributed by atoms with Crippen LogP contribution in [0.1, 0.15) is 11.1 Å². The summed E-state index contributed by atoms with van der Waals surface area (Å²) >= 11 is 19.9. The van der Waals surface area contributed by atoms with Crippen molar-refractivity contribution in [2.45, 2.75) is 17.6 Å². The Balaban J connectivity index is 1.64. The van der Waals surface area contributed by atoms with Crippen LogP contribution < -0.4 is 9.62 Å². The molecule has 10 heteroatoms. The highest BCUT2D eigenvalue weighted by molar-refractivity contribution is 7.98. The smallest absolute Gasteiger partial charge is 0.264 e. The molecule has 0 spiro atoms. The topological polar surface area (TPSA) is 66.5 Å². The van der Waals surface area contributed by atoms with Gasteiger partial charge in [0.05, 0.1) is 25.7 Å². The second-order valence-electron chi connectivity index (χ2n) is 7.43. The number of anilines is 1. The average Bonchev–Trinajstić information content (AvgIpc) is 2.80. The lowest BCUT2D eigenvalue weighted by atomic mass is 10.2. The van der Waals surface area contributed by atoms with Crippen molar-refractivity contribution in [3.8, 4) is 0 Å². The van der Waals surface area contributed by atoms with Gasteiger partial charge in [-0.25, -0.2) is 8.42 Å². The van der Waals surface area contributed by atoms with E-state index in [2.05, 4.69) is 5.32 Å². The maximum atomic E-state index is 13.4. The molecule has 0 heterocycles. The number of para-hydroxylation sites is 1. The first-order chi connectivity index (χ1) is 16.2. The van der Waals surface area contributed by atoms with Crippen LogP contribution >= 0.6 is 46.6 Å². The van der Waals surface area contributed by atoms with E-state index in [1.807, 2.05) is 19.1 Å². The third-order valence-corrected chi connectivity index (χ3v) is 8.70. The molecule has 1 amide bonds. The number of thioether (sulfide) groups is 1. The predicted molar refractivity (Wildman–Crippen MR) is 143 cm³/mol. The number of benzene rings is 3. The Labute approximate surface area is 219 Å². The number of nitrogens with one attached hydrogen (secondary N) is 1. The third kappa shape index (κ3) is 7.06. The van der Waals surface area contributed by atoms with Gasteiger partial charge in [0, 0.05) is 18.1 Å². The van der Waals surface area contributed by atoms with E-state index in [1.54, 1.807) is 54.2 Å². The zero-order valence-electron chi connectivity index (χ0n) is 18.3. The van der Waals surface area contributed by atoms with E-state index >= 15 is 0 Å². The van der Waals surface area contributed by atoms with E-state index in [0.717, 1.165) is 15.4 Å². The Morgan fingerprint density at radius 3 is 2.32 bits per heavy atom. The highest BCUT2D eigenvalue weighted by Crippen LogP contribution is 2.30. The molecule has 0 bridgehead atoms. The van der Waals surface area contributed by atoms with Crippen LogP contribution in [0.15, 0.2) is 71.6 Å². The van der Waals surface area contributed by atoms with Crippen LogP contribution in [0.4, 0.5) is 5.69 Å². The Kier molecular flexibility index (Phi) is 9.56. The number of rotatable bonds is 10. The van der Waals surface area contributed by atoms with Crippen LogP contribution in [-0.4, -0.2) is 33.2 Å². The van der Waals surface area contributed by atoms with E-state index < -0.39 is 22.5 Å². The molecule has 1 N–H and O–H groups in total. The molecule has 5 nitrogen and oxygen atoms in total. The number of aryl methyl sites for hydroxylation is 1. The summed E-state index contributed by atoms with van der Waals surface area (Å²) in [5.74, 6) is 0.925. The lowest BCUT2D eigenvalue weighted by molar-refractivity contribution is -0.119. The molecule has 0 aliphatic rings. The molecule has 0 aromatic heterocycles. The second kappa shape index (κ2) is 12.2. The van der Waals surface area contributed by atoms with Gasteiger partial charge in [-0.3, -0.25) is 9.10 Å². The highest BCUT2D eigenvalue weighted by Gasteiger charge is 2.28. The molecule has 0 aliphatic carbocycles. The van der Waals surface area contributed by atoms with Crippen LogP contribution in [0.5, 0.6) is 0 Å². The molecule has 3 rings (SSSR count). The van der Waals surface area contributed by atoms with E-state index in [0.29, 0.717) is 28.1 Å². The van der Waals surface area contributed by atoms with Gasteiger partial charge in [-0.2, -0.15) is 11.8 Å². The van der Waals surface area contributed by atoms with Gasteiger partial charge in [-0.1, -0.05) is 70.7 Å². The SMILES string of the molecule is Cc1ccc(S(=O)(=O)N(CC(=O)NCCSCc2ccc(Cl)c(Cl)c2)c2ccccc2Cl)cc1. The van der Waals surface area contributed by atoms with Crippen LogP contribution in [0, 0.1) is 6.92 Å².